The molecule has 0 saturated carbocycles. The third-order valence-electron chi connectivity index (χ3n) is 2.97. The summed E-state index contributed by atoms with van der Waals surface area (Å²) in [6.45, 7) is 6.51. The van der Waals surface area contributed by atoms with Gasteiger partial charge in [-0.1, -0.05) is 31.0 Å². The lowest BCUT2D eigenvalue weighted by molar-refractivity contribution is 0.512. The third kappa shape index (κ3) is 1.91. The van der Waals surface area contributed by atoms with Crippen LogP contribution >= 0.6 is 11.6 Å². The van der Waals surface area contributed by atoms with Gasteiger partial charge >= 0.3 is 0 Å². The molecule has 0 atom stereocenters. The van der Waals surface area contributed by atoms with Crippen LogP contribution in [-0.4, -0.2) is 9.78 Å². The van der Waals surface area contributed by atoms with E-state index >= 15 is 0 Å². The first-order chi connectivity index (χ1) is 7.65. The van der Waals surface area contributed by atoms with Gasteiger partial charge in [0.1, 0.15) is 0 Å². The van der Waals surface area contributed by atoms with Gasteiger partial charge in [0.25, 0.3) is 0 Å². The van der Waals surface area contributed by atoms with Crippen molar-refractivity contribution in [3.63, 3.8) is 0 Å². The first-order valence-corrected chi connectivity index (χ1v) is 6.49. The Morgan fingerprint density at radius 2 is 2.25 bits per heavy atom. The Bertz CT molecular complexity index is 497. The van der Waals surface area contributed by atoms with Gasteiger partial charge in [0.2, 0.25) is 0 Å². The van der Waals surface area contributed by atoms with Gasteiger partial charge in [-0.05, 0) is 33.1 Å². The number of fused-ring (bicyclic) bond motifs is 1. The average molecular weight is 239 g/mol. The number of nitrogens with zero attached hydrogens (tertiary/aromatic N) is 2. The van der Waals surface area contributed by atoms with Crippen LogP contribution in [-0.2, 0) is 6.42 Å². The van der Waals surface area contributed by atoms with Gasteiger partial charge < -0.3 is 0 Å². The van der Waals surface area contributed by atoms with Crippen LogP contribution in [0.2, 0.25) is 0 Å². The number of hydrogen-bond donors (Lipinski definition) is 0. The molecule has 0 aromatic carbocycles. The minimum absolute atomic E-state index is 0.401. The molecule has 1 heterocycles. The lowest BCUT2D eigenvalue weighted by Gasteiger charge is -2.07. The van der Waals surface area contributed by atoms with E-state index in [9.17, 15) is 0 Å². The van der Waals surface area contributed by atoms with E-state index in [0.29, 0.717) is 6.04 Å². The Labute approximate surface area is 102 Å². The highest BCUT2D eigenvalue weighted by molar-refractivity contribution is 6.45. The van der Waals surface area contributed by atoms with Crippen LogP contribution in [0.15, 0.2) is 0 Å². The normalized spacial score (nSPS) is 15.2. The molecule has 88 valence electrons. The molecule has 0 saturated heterocycles. The summed E-state index contributed by atoms with van der Waals surface area (Å²) in [7, 11) is 0. The second-order valence-electron chi connectivity index (χ2n) is 4.64. The Kier molecular flexibility index (Phi) is 3.38. The lowest BCUT2D eigenvalue weighted by Crippen LogP contribution is -2.34. The van der Waals surface area contributed by atoms with Gasteiger partial charge in [-0.3, -0.25) is 4.68 Å². The maximum Gasteiger partial charge on any atom is 0.0714 e. The fraction of sp³-hybridized carbons (Fsp3) is 0.615. The number of rotatable bonds is 3. The van der Waals surface area contributed by atoms with Gasteiger partial charge in [-0.25, -0.2) is 0 Å². The highest BCUT2D eigenvalue weighted by Gasteiger charge is 2.14. The lowest BCUT2D eigenvalue weighted by atomic mass is 10.1. The van der Waals surface area contributed by atoms with Gasteiger partial charge in [-0.15, -0.1) is 0 Å². The summed E-state index contributed by atoms with van der Waals surface area (Å²) in [4.78, 5) is 0. The van der Waals surface area contributed by atoms with E-state index in [-0.39, 0.29) is 0 Å². The molecule has 16 heavy (non-hydrogen) atoms. The Morgan fingerprint density at radius 3 is 2.88 bits per heavy atom. The quantitative estimate of drug-likeness (QED) is 0.791. The summed E-state index contributed by atoms with van der Waals surface area (Å²) in [5.41, 5.74) is 1.17. The standard InChI is InChI=1S/C13H19ClN2/c1-4-6-11-13-10(14)7-5-8-12(13)16(15-11)9(2)3/h8-9H,4-7H2,1-3H3. The summed E-state index contributed by atoms with van der Waals surface area (Å²) < 4.78 is 2.11. The first kappa shape index (κ1) is 11.7. The minimum Gasteiger partial charge on any atom is -0.262 e. The monoisotopic (exact) mass is 238 g/mol. The maximum atomic E-state index is 6.35. The Balaban J connectivity index is 2.71. The van der Waals surface area contributed by atoms with Crippen molar-refractivity contribution in [2.75, 3.05) is 0 Å². The minimum atomic E-state index is 0.401. The molecule has 0 N–H and O–H groups in total. The van der Waals surface area contributed by atoms with E-state index in [0.717, 1.165) is 30.7 Å². The van der Waals surface area contributed by atoms with Crippen LogP contribution in [0, 0.1) is 0 Å². The zero-order valence-corrected chi connectivity index (χ0v) is 11.0. The van der Waals surface area contributed by atoms with Crippen molar-refractivity contribution in [1.82, 2.24) is 9.78 Å². The van der Waals surface area contributed by atoms with Crippen LogP contribution < -0.4 is 10.6 Å². The zero-order chi connectivity index (χ0) is 11.7. The van der Waals surface area contributed by atoms with Crippen LogP contribution in [0.25, 0.3) is 11.1 Å². The summed E-state index contributed by atoms with van der Waals surface area (Å²) in [6, 6.07) is 0.401. The molecule has 2 nitrogen and oxygen atoms in total. The molecule has 0 aliphatic heterocycles. The molecule has 1 aliphatic rings. The molecule has 0 spiro atoms. The largest absolute Gasteiger partial charge is 0.262 e. The molecular weight excluding hydrogens is 220 g/mol. The SMILES string of the molecule is CCCc1nn(C(C)C)c2c1=C(Cl)CCC=2. The smallest absolute Gasteiger partial charge is 0.0714 e. The van der Waals surface area contributed by atoms with Crippen molar-refractivity contribution in [3.05, 3.63) is 16.3 Å². The van der Waals surface area contributed by atoms with Crippen LogP contribution in [0.5, 0.6) is 0 Å². The average Bonchev–Trinajstić information content (AvgIpc) is 2.59. The van der Waals surface area contributed by atoms with Gasteiger partial charge in [0.15, 0.2) is 0 Å². The maximum absolute atomic E-state index is 6.35. The molecule has 0 bridgehead atoms. The molecule has 0 amide bonds. The van der Waals surface area contributed by atoms with E-state index in [4.69, 9.17) is 16.7 Å². The molecule has 0 unspecified atom stereocenters. The van der Waals surface area contributed by atoms with Crippen molar-refractivity contribution in [3.8, 4) is 0 Å². The van der Waals surface area contributed by atoms with Crippen molar-refractivity contribution in [1.29, 1.82) is 0 Å². The Morgan fingerprint density at radius 1 is 1.50 bits per heavy atom. The van der Waals surface area contributed by atoms with Crippen LogP contribution in [0.4, 0.5) is 0 Å². The van der Waals surface area contributed by atoms with E-state index in [1.807, 2.05) is 0 Å². The zero-order valence-electron chi connectivity index (χ0n) is 10.3. The van der Waals surface area contributed by atoms with Crippen molar-refractivity contribution < 1.29 is 0 Å². The number of aromatic nitrogens is 2. The molecule has 0 radical (unpaired) electrons. The molecule has 1 aromatic rings. The second-order valence-corrected chi connectivity index (χ2v) is 5.10. The molecule has 1 aromatic heterocycles. The summed E-state index contributed by atoms with van der Waals surface area (Å²) in [6.07, 6.45) is 6.41. The second kappa shape index (κ2) is 4.62. The fourth-order valence-electron chi connectivity index (χ4n) is 2.25. The van der Waals surface area contributed by atoms with E-state index in [2.05, 4.69) is 31.5 Å². The Hall–Kier alpha value is -0.760. The predicted molar refractivity (Wildman–Crippen MR) is 68.8 cm³/mol. The van der Waals surface area contributed by atoms with Crippen molar-refractivity contribution in [2.24, 2.45) is 0 Å². The van der Waals surface area contributed by atoms with Crippen LogP contribution in [0.1, 0.15) is 51.8 Å². The predicted octanol–water partition coefficient (Wildman–Crippen LogP) is 2.34. The first-order valence-electron chi connectivity index (χ1n) is 6.11. The molecule has 3 heteroatoms. The van der Waals surface area contributed by atoms with Gasteiger partial charge in [-0.2, -0.15) is 5.10 Å². The molecule has 0 fully saturated rings. The molecule has 1 aliphatic carbocycles. The highest BCUT2D eigenvalue weighted by Crippen LogP contribution is 2.14. The van der Waals surface area contributed by atoms with Gasteiger partial charge in [0.05, 0.1) is 11.0 Å². The summed E-state index contributed by atoms with van der Waals surface area (Å²) in [5.74, 6) is 0. The number of halogens is 1. The van der Waals surface area contributed by atoms with Gasteiger partial charge in [0, 0.05) is 16.3 Å². The van der Waals surface area contributed by atoms with E-state index < -0.39 is 0 Å². The van der Waals surface area contributed by atoms with Crippen LogP contribution in [0.3, 0.4) is 0 Å². The fourth-order valence-corrected chi connectivity index (χ4v) is 2.57. The van der Waals surface area contributed by atoms with E-state index in [1.165, 1.54) is 16.3 Å². The third-order valence-corrected chi connectivity index (χ3v) is 3.35. The molecular formula is C13H19ClN2. The summed E-state index contributed by atoms with van der Waals surface area (Å²) >= 11 is 6.35. The topological polar surface area (TPSA) is 17.8 Å². The van der Waals surface area contributed by atoms with Crippen molar-refractivity contribution >= 4 is 22.7 Å². The summed E-state index contributed by atoms with van der Waals surface area (Å²) in [5, 5.41) is 8.15. The highest BCUT2D eigenvalue weighted by atomic mass is 35.5. The molecule has 2 rings (SSSR count). The number of hydrogen-bond acceptors (Lipinski definition) is 1. The van der Waals surface area contributed by atoms with E-state index in [1.54, 1.807) is 0 Å². The van der Waals surface area contributed by atoms with Crippen molar-refractivity contribution in [2.45, 2.75) is 52.5 Å². The number of aryl methyl sites for hydroxylation is 1.